The summed E-state index contributed by atoms with van der Waals surface area (Å²) < 4.78 is 42.6. The van der Waals surface area contributed by atoms with Crippen LogP contribution in [0.5, 0.6) is 0 Å². The Hall–Kier alpha value is -1.80. The maximum atomic E-state index is 12.4. The molecular weight excluding hydrogens is 287 g/mol. The van der Waals surface area contributed by atoms with Crippen LogP contribution in [0.15, 0.2) is 24.3 Å². The van der Waals surface area contributed by atoms with Gasteiger partial charge in [0, 0.05) is 25.3 Å². The zero-order valence-corrected chi connectivity index (χ0v) is 11.2. The lowest BCUT2D eigenvalue weighted by atomic mass is 10.2. The lowest BCUT2D eigenvalue weighted by Crippen LogP contribution is -2.49. The predicted molar refractivity (Wildman–Crippen MR) is 70.8 cm³/mol. The number of morpholine rings is 1. The molecule has 1 fully saturated rings. The van der Waals surface area contributed by atoms with Crippen LogP contribution in [0.1, 0.15) is 5.56 Å². The summed E-state index contributed by atoms with van der Waals surface area (Å²) in [5.41, 5.74) is 5.04. The van der Waals surface area contributed by atoms with Crippen LogP contribution in [0.4, 0.5) is 23.7 Å². The number of benzene rings is 1. The van der Waals surface area contributed by atoms with Crippen LogP contribution in [0.25, 0.3) is 0 Å². The van der Waals surface area contributed by atoms with E-state index in [0.717, 1.165) is 12.1 Å². The number of nitrogens with zero attached hydrogens (tertiary/aromatic N) is 1. The van der Waals surface area contributed by atoms with Crippen LogP contribution in [0, 0.1) is 0 Å². The Labute approximate surface area is 119 Å². The van der Waals surface area contributed by atoms with Crippen LogP contribution in [-0.2, 0) is 10.9 Å². The number of anilines is 1. The van der Waals surface area contributed by atoms with Crippen molar-refractivity contribution < 1.29 is 22.7 Å². The molecule has 0 bridgehead atoms. The topological polar surface area (TPSA) is 67.6 Å². The van der Waals surface area contributed by atoms with Crippen molar-refractivity contribution in [3.8, 4) is 0 Å². The van der Waals surface area contributed by atoms with Crippen molar-refractivity contribution in [1.82, 2.24) is 4.90 Å². The highest BCUT2D eigenvalue weighted by atomic mass is 19.4. The molecule has 8 heteroatoms. The van der Waals surface area contributed by atoms with E-state index in [1.165, 1.54) is 17.0 Å². The number of carbonyl (C=O) groups is 1. The molecular formula is C13H16F3N3O2. The highest BCUT2D eigenvalue weighted by molar-refractivity contribution is 5.89. The Morgan fingerprint density at radius 3 is 2.62 bits per heavy atom. The van der Waals surface area contributed by atoms with Crippen molar-refractivity contribution in [2.45, 2.75) is 12.3 Å². The molecule has 1 aliphatic heterocycles. The third-order valence-electron chi connectivity index (χ3n) is 3.15. The first-order chi connectivity index (χ1) is 9.90. The minimum Gasteiger partial charge on any atom is -0.373 e. The Balaban J connectivity index is 1.96. The maximum absolute atomic E-state index is 12.4. The molecule has 21 heavy (non-hydrogen) atoms. The van der Waals surface area contributed by atoms with Gasteiger partial charge in [0.25, 0.3) is 0 Å². The number of amides is 2. The Bertz CT molecular complexity index is 490. The predicted octanol–water partition coefficient (Wildman–Crippen LogP) is 1.90. The molecule has 1 saturated heterocycles. The number of alkyl halides is 3. The van der Waals surface area contributed by atoms with Gasteiger partial charge in [-0.3, -0.25) is 0 Å². The molecule has 0 saturated carbocycles. The molecule has 1 aromatic rings. The third kappa shape index (κ3) is 4.08. The first-order valence-corrected chi connectivity index (χ1v) is 6.45. The summed E-state index contributed by atoms with van der Waals surface area (Å²) in [5.74, 6) is 0. The van der Waals surface area contributed by atoms with E-state index in [-0.39, 0.29) is 12.1 Å². The van der Waals surface area contributed by atoms with Gasteiger partial charge in [-0.2, -0.15) is 13.2 Å². The number of hydrogen-bond acceptors (Lipinski definition) is 3. The molecule has 0 aliphatic carbocycles. The molecule has 2 rings (SSSR count). The highest BCUT2D eigenvalue weighted by Crippen LogP contribution is 2.29. The Morgan fingerprint density at radius 2 is 2.05 bits per heavy atom. The fourth-order valence-corrected chi connectivity index (χ4v) is 1.99. The van der Waals surface area contributed by atoms with Gasteiger partial charge in [0.05, 0.1) is 18.3 Å². The van der Waals surface area contributed by atoms with Crippen molar-refractivity contribution in [3.05, 3.63) is 29.8 Å². The van der Waals surface area contributed by atoms with Crippen molar-refractivity contribution in [1.29, 1.82) is 0 Å². The normalized spacial score (nSPS) is 19.4. The van der Waals surface area contributed by atoms with Crippen LogP contribution in [-0.4, -0.2) is 43.3 Å². The van der Waals surface area contributed by atoms with Gasteiger partial charge in [-0.15, -0.1) is 0 Å². The lowest BCUT2D eigenvalue weighted by Gasteiger charge is -2.32. The molecule has 2 amide bonds. The smallest absolute Gasteiger partial charge is 0.373 e. The van der Waals surface area contributed by atoms with Gasteiger partial charge in [0.2, 0.25) is 0 Å². The molecule has 116 valence electrons. The van der Waals surface area contributed by atoms with Crippen molar-refractivity contribution in [3.63, 3.8) is 0 Å². The monoisotopic (exact) mass is 303 g/mol. The molecule has 0 spiro atoms. The summed E-state index contributed by atoms with van der Waals surface area (Å²) in [6.45, 7) is 1.48. The molecule has 1 atom stereocenters. The summed E-state index contributed by atoms with van der Waals surface area (Å²) >= 11 is 0. The molecule has 5 nitrogen and oxygen atoms in total. The van der Waals surface area contributed by atoms with E-state index in [4.69, 9.17) is 10.5 Å². The SMILES string of the molecule is NCC1CN(C(=O)Nc2ccc(C(F)(F)F)cc2)CCO1. The summed E-state index contributed by atoms with van der Waals surface area (Å²) in [4.78, 5) is 13.5. The number of nitrogens with one attached hydrogen (secondary N) is 1. The number of rotatable bonds is 2. The number of nitrogens with two attached hydrogens (primary N) is 1. The van der Waals surface area contributed by atoms with Gasteiger partial charge in [0.15, 0.2) is 0 Å². The summed E-state index contributed by atoms with van der Waals surface area (Å²) in [6.07, 6.45) is -4.60. The van der Waals surface area contributed by atoms with E-state index in [9.17, 15) is 18.0 Å². The average molecular weight is 303 g/mol. The fourth-order valence-electron chi connectivity index (χ4n) is 1.99. The highest BCUT2D eigenvalue weighted by Gasteiger charge is 2.30. The maximum Gasteiger partial charge on any atom is 0.416 e. The van der Waals surface area contributed by atoms with Crippen molar-refractivity contribution >= 4 is 11.7 Å². The summed E-state index contributed by atoms with van der Waals surface area (Å²) in [7, 11) is 0. The number of halogens is 3. The molecule has 1 unspecified atom stereocenters. The number of urea groups is 1. The number of carbonyl (C=O) groups excluding carboxylic acids is 1. The first kappa shape index (κ1) is 15.6. The third-order valence-corrected chi connectivity index (χ3v) is 3.15. The lowest BCUT2D eigenvalue weighted by molar-refractivity contribution is -0.137. The van der Waals surface area contributed by atoms with E-state index in [0.29, 0.717) is 31.9 Å². The van der Waals surface area contributed by atoms with Gasteiger partial charge >= 0.3 is 12.2 Å². The number of hydrogen-bond donors (Lipinski definition) is 2. The van der Waals surface area contributed by atoms with E-state index >= 15 is 0 Å². The Kier molecular flexibility index (Phi) is 4.69. The van der Waals surface area contributed by atoms with Crippen LogP contribution in [0.3, 0.4) is 0 Å². The van der Waals surface area contributed by atoms with Gasteiger partial charge in [-0.1, -0.05) is 0 Å². The second-order valence-electron chi connectivity index (χ2n) is 4.68. The molecule has 1 aromatic carbocycles. The zero-order valence-electron chi connectivity index (χ0n) is 11.2. The van der Waals surface area contributed by atoms with Gasteiger partial charge in [0.1, 0.15) is 0 Å². The van der Waals surface area contributed by atoms with Gasteiger partial charge in [-0.05, 0) is 24.3 Å². The van der Waals surface area contributed by atoms with Crippen LogP contribution < -0.4 is 11.1 Å². The largest absolute Gasteiger partial charge is 0.416 e. The van der Waals surface area contributed by atoms with Crippen molar-refractivity contribution in [2.24, 2.45) is 5.73 Å². The molecule has 1 aliphatic rings. The molecule has 0 radical (unpaired) electrons. The van der Waals surface area contributed by atoms with E-state index < -0.39 is 11.7 Å². The minimum absolute atomic E-state index is 0.211. The summed E-state index contributed by atoms with van der Waals surface area (Å²) in [5, 5.41) is 2.56. The quantitative estimate of drug-likeness (QED) is 0.877. The Morgan fingerprint density at radius 1 is 1.38 bits per heavy atom. The molecule has 3 N–H and O–H groups in total. The van der Waals surface area contributed by atoms with Crippen LogP contribution >= 0.6 is 0 Å². The van der Waals surface area contributed by atoms with Gasteiger partial charge in [-0.25, -0.2) is 4.79 Å². The molecule has 1 heterocycles. The van der Waals surface area contributed by atoms with E-state index in [1.807, 2.05) is 0 Å². The second-order valence-corrected chi connectivity index (χ2v) is 4.68. The second kappa shape index (κ2) is 6.31. The van der Waals surface area contributed by atoms with Crippen molar-refractivity contribution in [2.75, 3.05) is 31.6 Å². The zero-order chi connectivity index (χ0) is 15.5. The van der Waals surface area contributed by atoms with E-state index in [2.05, 4.69) is 5.32 Å². The standard InChI is InChI=1S/C13H16F3N3O2/c14-13(15,16)9-1-3-10(4-2-9)18-12(20)19-5-6-21-11(7-17)8-19/h1-4,11H,5-8,17H2,(H,18,20). The first-order valence-electron chi connectivity index (χ1n) is 6.45. The van der Waals surface area contributed by atoms with Gasteiger partial charge < -0.3 is 20.7 Å². The average Bonchev–Trinajstić information content (AvgIpc) is 2.47. The fraction of sp³-hybridized carbons (Fsp3) is 0.462. The molecule has 0 aromatic heterocycles. The summed E-state index contributed by atoms with van der Waals surface area (Å²) in [6, 6.07) is 3.93. The number of ether oxygens (including phenoxy) is 1. The van der Waals surface area contributed by atoms with Crippen LogP contribution in [0.2, 0.25) is 0 Å². The van der Waals surface area contributed by atoms with E-state index in [1.54, 1.807) is 0 Å². The minimum atomic E-state index is -4.39.